The molecule has 1 aliphatic rings. The molecule has 2 amide bonds. The number of carbonyl (C=O) groups excluding carboxylic acids is 1. The number of carboxylic acids is 1. The van der Waals surface area contributed by atoms with Crippen LogP contribution in [0.5, 0.6) is 0 Å². The smallest absolute Gasteiger partial charge is 0.317 e. The van der Waals surface area contributed by atoms with Gasteiger partial charge in [-0.05, 0) is 19.8 Å². The van der Waals surface area contributed by atoms with E-state index in [0.29, 0.717) is 19.0 Å². The summed E-state index contributed by atoms with van der Waals surface area (Å²) in [6.45, 7) is 3.62. The molecule has 2 N–H and O–H groups in total. The van der Waals surface area contributed by atoms with Gasteiger partial charge in [0.1, 0.15) is 0 Å². The molecular formula is C13H19N3O3S. The van der Waals surface area contributed by atoms with E-state index in [-0.39, 0.29) is 19.0 Å². The third-order valence-corrected chi connectivity index (χ3v) is 4.46. The SMILES string of the molecule is Cc1cnc(C2CCN(C(=O)NCCC(=O)O)CC2)s1. The van der Waals surface area contributed by atoms with E-state index in [0.717, 1.165) is 17.8 Å². The zero-order valence-electron chi connectivity index (χ0n) is 11.5. The minimum atomic E-state index is -0.900. The minimum absolute atomic E-state index is 0.0411. The Morgan fingerprint density at radius 2 is 2.20 bits per heavy atom. The molecule has 0 aliphatic carbocycles. The fraction of sp³-hybridized carbons (Fsp3) is 0.615. The number of thiazole rings is 1. The van der Waals surface area contributed by atoms with E-state index in [4.69, 9.17) is 5.11 Å². The first-order chi connectivity index (χ1) is 9.56. The molecule has 0 spiro atoms. The largest absolute Gasteiger partial charge is 0.481 e. The van der Waals surface area contributed by atoms with Crippen LogP contribution >= 0.6 is 11.3 Å². The molecule has 20 heavy (non-hydrogen) atoms. The van der Waals surface area contributed by atoms with Gasteiger partial charge in [-0.15, -0.1) is 11.3 Å². The molecule has 1 aliphatic heterocycles. The molecule has 0 unspecified atom stereocenters. The Balaban J connectivity index is 1.76. The highest BCUT2D eigenvalue weighted by molar-refractivity contribution is 7.11. The summed E-state index contributed by atoms with van der Waals surface area (Å²) in [5, 5.41) is 12.3. The molecular weight excluding hydrogens is 278 g/mol. The van der Waals surface area contributed by atoms with E-state index >= 15 is 0 Å². The fourth-order valence-electron chi connectivity index (χ4n) is 2.28. The number of urea groups is 1. The van der Waals surface area contributed by atoms with E-state index in [1.54, 1.807) is 16.2 Å². The standard InChI is InChI=1S/C13H19N3O3S/c1-9-8-15-12(20-9)10-3-6-16(7-4-10)13(19)14-5-2-11(17)18/h8,10H,2-7H2,1H3,(H,14,19)(H,17,18). The lowest BCUT2D eigenvalue weighted by atomic mass is 9.98. The molecule has 110 valence electrons. The van der Waals surface area contributed by atoms with Crippen molar-refractivity contribution in [2.75, 3.05) is 19.6 Å². The zero-order valence-corrected chi connectivity index (χ0v) is 12.3. The van der Waals surface area contributed by atoms with Crippen LogP contribution < -0.4 is 5.32 Å². The Hall–Kier alpha value is -1.63. The predicted molar refractivity (Wildman–Crippen MR) is 76.1 cm³/mol. The molecule has 1 aromatic rings. The van der Waals surface area contributed by atoms with Crippen LogP contribution in [-0.4, -0.2) is 46.6 Å². The van der Waals surface area contributed by atoms with Crippen molar-refractivity contribution >= 4 is 23.3 Å². The van der Waals surface area contributed by atoms with Crippen LogP contribution in [0.15, 0.2) is 6.20 Å². The van der Waals surface area contributed by atoms with Crippen LogP contribution in [0.2, 0.25) is 0 Å². The lowest BCUT2D eigenvalue weighted by molar-refractivity contribution is -0.136. The number of carbonyl (C=O) groups is 2. The molecule has 0 aromatic carbocycles. The molecule has 0 atom stereocenters. The van der Waals surface area contributed by atoms with Gasteiger partial charge in [0.05, 0.1) is 11.4 Å². The first-order valence-corrected chi connectivity index (χ1v) is 7.55. The monoisotopic (exact) mass is 297 g/mol. The van der Waals surface area contributed by atoms with Gasteiger partial charge >= 0.3 is 12.0 Å². The van der Waals surface area contributed by atoms with Crippen LogP contribution in [0.1, 0.15) is 35.1 Å². The Morgan fingerprint density at radius 1 is 1.50 bits per heavy atom. The first-order valence-electron chi connectivity index (χ1n) is 6.73. The summed E-state index contributed by atoms with van der Waals surface area (Å²) in [6, 6.07) is -0.167. The molecule has 1 saturated heterocycles. The van der Waals surface area contributed by atoms with Crippen molar-refractivity contribution in [3.05, 3.63) is 16.1 Å². The van der Waals surface area contributed by atoms with Crippen molar-refractivity contribution < 1.29 is 14.7 Å². The second kappa shape index (κ2) is 6.69. The highest BCUT2D eigenvalue weighted by atomic mass is 32.1. The Bertz CT molecular complexity index is 481. The number of aromatic nitrogens is 1. The van der Waals surface area contributed by atoms with Crippen LogP contribution in [0.25, 0.3) is 0 Å². The van der Waals surface area contributed by atoms with E-state index in [9.17, 15) is 9.59 Å². The summed E-state index contributed by atoms with van der Waals surface area (Å²) in [7, 11) is 0. The lowest BCUT2D eigenvalue weighted by Crippen LogP contribution is -2.44. The van der Waals surface area contributed by atoms with E-state index in [1.165, 1.54) is 4.88 Å². The highest BCUT2D eigenvalue weighted by Gasteiger charge is 2.25. The van der Waals surface area contributed by atoms with Gasteiger partial charge in [0, 0.05) is 36.6 Å². The van der Waals surface area contributed by atoms with Gasteiger partial charge in [-0.2, -0.15) is 0 Å². The van der Waals surface area contributed by atoms with E-state index < -0.39 is 5.97 Å². The maximum absolute atomic E-state index is 11.8. The molecule has 2 heterocycles. The Labute approximate surface area is 121 Å². The quantitative estimate of drug-likeness (QED) is 0.888. The number of aryl methyl sites for hydroxylation is 1. The Morgan fingerprint density at radius 3 is 2.75 bits per heavy atom. The van der Waals surface area contributed by atoms with Crippen molar-refractivity contribution in [3.63, 3.8) is 0 Å². The van der Waals surface area contributed by atoms with Crippen molar-refractivity contribution in [1.29, 1.82) is 0 Å². The number of rotatable bonds is 4. The number of nitrogens with zero attached hydrogens (tertiary/aromatic N) is 2. The summed E-state index contributed by atoms with van der Waals surface area (Å²) < 4.78 is 0. The predicted octanol–water partition coefficient (Wildman–Crippen LogP) is 1.82. The summed E-state index contributed by atoms with van der Waals surface area (Å²) in [4.78, 5) is 29.6. The minimum Gasteiger partial charge on any atom is -0.481 e. The summed E-state index contributed by atoms with van der Waals surface area (Å²) >= 11 is 1.73. The number of hydrogen-bond donors (Lipinski definition) is 2. The molecule has 6 nitrogen and oxygen atoms in total. The van der Waals surface area contributed by atoms with Gasteiger partial charge in [-0.25, -0.2) is 9.78 Å². The number of amides is 2. The second-order valence-corrected chi connectivity index (χ2v) is 6.21. The number of piperidine rings is 1. The summed E-state index contributed by atoms with van der Waals surface area (Å²) in [6.07, 6.45) is 3.68. The Kier molecular flexibility index (Phi) is 4.94. The normalized spacial score (nSPS) is 16.1. The highest BCUT2D eigenvalue weighted by Crippen LogP contribution is 2.30. The van der Waals surface area contributed by atoms with E-state index in [2.05, 4.69) is 10.3 Å². The fourth-order valence-corrected chi connectivity index (χ4v) is 3.22. The summed E-state index contributed by atoms with van der Waals surface area (Å²) in [5.41, 5.74) is 0. The second-order valence-electron chi connectivity index (χ2n) is 4.95. The third-order valence-electron chi connectivity index (χ3n) is 3.39. The number of hydrogen-bond acceptors (Lipinski definition) is 4. The third kappa shape index (κ3) is 3.93. The van der Waals surface area contributed by atoms with Gasteiger partial charge in [0.2, 0.25) is 0 Å². The van der Waals surface area contributed by atoms with Crippen molar-refractivity contribution in [3.8, 4) is 0 Å². The maximum Gasteiger partial charge on any atom is 0.317 e. The summed E-state index contributed by atoms with van der Waals surface area (Å²) in [5.74, 6) is -0.458. The molecule has 2 rings (SSSR count). The van der Waals surface area contributed by atoms with Gasteiger partial charge in [0.15, 0.2) is 0 Å². The molecule has 1 aromatic heterocycles. The zero-order chi connectivity index (χ0) is 14.5. The number of nitrogens with one attached hydrogen (secondary N) is 1. The molecule has 0 saturated carbocycles. The number of carboxylic acid groups (broad SMARTS) is 1. The average Bonchev–Trinajstić information content (AvgIpc) is 2.85. The first kappa shape index (κ1) is 14.8. The van der Waals surface area contributed by atoms with Gasteiger partial charge in [-0.3, -0.25) is 4.79 Å². The van der Waals surface area contributed by atoms with Crippen LogP contribution in [-0.2, 0) is 4.79 Å². The average molecular weight is 297 g/mol. The maximum atomic E-state index is 11.8. The van der Waals surface area contributed by atoms with Gasteiger partial charge in [-0.1, -0.05) is 0 Å². The van der Waals surface area contributed by atoms with Crippen molar-refractivity contribution in [2.24, 2.45) is 0 Å². The molecule has 1 fully saturated rings. The van der Waals surface area contributed by atoms with E-state index in [1.807, 2.05) is 13.1 Å². The van der Waals surface area contributed by atoms with Crippen molar-refractivity contribution in [1.82, 2.24) is 15.2 Å². The van der Waals surface area contributed by atoms with Crippen molar-refractivity contribution in [2.45, 2.75) is 32.1 Å². The molecule has 0 radical (unpaired) electrons. The topological polar surface area (TPSA) is 82.5 Å². The molecule has 0 bridgehead atoms. The lowest BCUT2D eigenvalue weighted by Gasteiger charge is -2.31. The van der Waals surface area contributed by atoms with Crippen LogP contribution in [0, 0.1) is 6.92 Å². The van der Waals surface area contributed by atoms with Crippen LogP contribution in [0.4, 0.5) is 4.79 Å². The van der Waals surface area contributed by atoms with Crippen LogP contribution in [0.3, 0.4) is 0 Å². The number of likely N-dealkylation sites (tertiary alicyclic amines) is 1. The number of aliphatic carboxylic acids is 1. The molecule has 7 heteroatoms. The van der Waals surface area contributed by atoms with Gasteiger partial charge in [0.25, 0.3) is 0 Å². The van der Waals surface area contributed by atoms with Gasteiger partial charge < -0.3 is 15.3 Å².